The first-order chi connectivity index (χ1) is 13.2. The molecule has 140 valence electrons. The maximum absolute atomic E-state index is 12.0. The summed E-state index contributed by atoms with van der Waals surface area (Å²) in [5, 5.41) is 8.68. The van der Waals surface area contributed by atoms with Crippen molar-refractivity contribution >= 4 is 11.9 Å². The standard InChI is InChI=1S/C19H21N5O3/c25-17(15-11-20-7-8-21-15)22-10-12-3-5-13(6-4-12)16-14-2-1-9-27-18(14)24-19(26)23-16/h3-8,11,14,16,18H,1-2,9-10H2,(H,22,25)(H2,23,24,26)/t14-,16-,18-/m0/s1. The highest BCUT2D eigenvalue weighted by molar-refractivity contribution is 5.91. The van der Waals surface area contributed by atoms with Crippen molar-refractivity contribution < 1.29 is 14.3 Å². The van der Waals surface area contributed by atoms with Crippen molar-refractivity contribution in [3.8, 4) is 0 Å². The van der Waals surface area contributed by atoms with Crippen LogP contribution in [0.4, 0.5) is 4.79 Å². The van der Waals surface area contributed by atoms with Gasteiger partial charge in [-0.2, -0.15) is 0 Å². The number of hydrogen-bond donors (Lipinski definition) is 3. The van der Waals surface area contributed by atoms with Crippen molar-refractivity contribution in [2.24, 2.45) is 5.92 Å². The molecule has 3 N–H and O–H groups in total. The maximum atomic E-state index is 12.0. The van der Waals surface area contributed by atoms with Crippen molar-refractivity contribution in [1.82, 2.24) is 25.9 Å². The quantitative estimate of drug-likeness (QED) is 0.760. The Bertz CT molecular complexity index is 812. The molecule has 2 aliphatic rings. The summed E-state index contributed by atoms with van der Waals surface area (Å²) < 4.78 is 5.70. The minimum Gasteiger partial charge on any atom is -0.358 e. The molecule has 8 nitrogen and oxygen atoms in total. The van der Waals surface area contributed by atoms with Crippen LogP contribution in [-0.2, 0) is 11.3 Å². The van der Waals surface area contributed by atoms with E-state index >= 15 is 0 Å². The van der Waals surface area contributed by atoms with Crippen LogP contribution in [0.15, 0.2) is 42.9 Å². The molecule has 0 spiro atoms. The second-order valence-electron chi connectivity index (χ2n) is 6.71. The number of urea groups is 1. The van der Waals surface area contributed by atoms with Crippen LogP contribution in [0.5, 0.6) is 0 Å². The molecule has 0 saturated carbocycles. The van der Waals surface area contributed by atoms with Gasteiger partial charge in [0.25, 0.3) is 5.91 Å². The Balaban J connectivity index is 1.41. The topological polar surface area (TPSA) is 105 Å². The molecule has 1 aromatic carbocycles. The van der Waals surface area contributed by atoms with Crippen molar-refractivity contribution in [1.29, 1.82) is 0 Å². The monoisotopic (exact) mass is 367 g/mol. The Labute approximate surface area is 156 Å². The third-order valence-corrected chi connectivity index (χ3v) is 4.94. The molecule has 0 aliphatic carbocycles. The first-order valence-corrected chi connectivity index (χ1v) is 9.02. The molecule has 3 heterocycles. The maximum Gasteiger partial charge on any atom is 0.317 e. The summed E-state index contributed by atoms with van der Waals surface area (Å²) in [6.07, 6.45) is 6.20. The van der Waals surface area contributed by atoms with Crippen LogP contribution in [0, 0.1) is 5.92 Å². The van der Waals surface area contributed by atoms with Gasteiger partial charge in [0.1, 0.15) is 11.9 Å². The third-order valence-electron chi connectivity index (χ3n) is 4.94. The normalized spacial score (nSPS) is 24.3. The summed E-state index contributed by atoms with van der Waals surface area (Å²) in [5.41, 5.74) is 2.29. The number of carbonyl (C=O) groups excluding carboxylic acids is 2. The number of rotatable bonds is 4. The first-order valence-electron chi connectivity index (χ1n) is 9.02. The lowest BCUT2D eigenvalue weighted by molar-refractivity contribution is -0.0602. The summed E-state index contributed by atoms with van der Waals surface area (Å²) in [5.74, 6) is -0.0568. The van der Waals surface area contributed by atoms with Crippen molar-refractivity contribution in [2.75, 3.05) is 6.61 Å². The van der Waals surface area contributed by atoms with E-state index in [0.717, 1.165) is 24.0 Å². The molecular formula is C19H21N5O3. The molecule has 0 radical (unpaired) electrons. The van der Waals surface area contributed by atoms with Gasteiger partial charge in [0.05, 0.1) is 12.2 Å². The average molecular weight is 367 g/mol. The van der Waals surface area contributed by atoms with E-state index in [4.69, 9.17) is 4.74 Å². The number of nitrogens with one attached hydrogen (secondary N) is 3. The van der Waals surface area contributed by atoms with Crippen LogP contribution in [0.1, 0.15) is 40.5 Å². The Hall–Kier alpha value is -3.00. The number of nitrogens with zero attached hydrogens (tertiary/aromatic N) is 2. The van der Waals surface area contributed by atoms with Gasteiger partial charge in [-0.1, -0.05) is 24.3 Å². The third kappa shape index (κ3) is 3.90. The van der Waals surface area contributed by atoms with Gasteiger partial charge >= 0.3 is 6.03 Å². The summed E-state index contributed by atoms with van der Waals surface area (Å²) in [6.45, 7) is 1.07. The zero-order chi connectivity index (χ0) is 18.6. The number of hydrogen-bond acceptors (Lipinski definition) is 5. The second-order valence-corrected chi connectivity index (χ2v) is 6.71. The van der Waals surface area contributed by atoms with Gasteiger partial charge in [-0.05, 0) is 24.0 Å². The van der Waals surface area contributed by atoms with Crippen LogP contribution in [0.25, 0.3) is 0 Å². The summed E-state index contributed by atoms with van der Waals surface area (Å²) in [6, 6.07) is 7.62. The van der Waals surface area contributed by atoms with E-state index in [1.165, 1.54) is 18.6 Å². The highest BCUT2D eigenvalue weighted by Gasteiger charge is 2.39. The Kier molecular flexibility index (Phi) is 4.97. The van der Waals surface area contributed by atoms with E-state index < -0.39 is 0 Å². The SMILES string of the molecule is O=C1N[C@H]2OCCC[C@H]2[C@H](c2ccc(CNC(=O)c3cnccn3)cc2)N1. The molecule has 2 aliphatic heterocycles. The van der Waals surface area contributed by atoms with Crippen molar-refractivity contribution in [3.05, 3.63) is 59.7 Å². The second kappa shape index (κ2) is 7.71. The molecule has 4 rings (SSSR count). The molecule has 0 unspecified atom stereocenters. The van der Waals surface area contributed by atoms with E-state index in [1.54, 1.807) is 0 Å². The van der Waals surface area contributed by atoms with Gasteiger partial charge in [-0.15, -0.1) is 0 Å². The fourth-order valence-electron chi connectivity index (χ4n) is 3.58. The lowest BCUT2D eigenvalue weighted by atomic mass is 9.85. The highest BCUT2D eigenvalue weighted by Crippen LogP contribution is 2.34. The van der Waals surface area contributed by atoms with Crippen LogP contribution in [0.3, 0.4) is 0 Å². The van der Waals surface area contributed by atoms with E-state index in [9.17, 15) is 9.59 Å². The molecule has 1 aromatic heterocycles. The smallest absolute Gasteiger partial charge is 0.317 e. The number of fused-ring (bicyclic) bond motifs is 1. The Morgan fingerprint density at radius 3 is 2.85 bits per heavy atom. The number of carbonyl (C=O) groups is 2. The lowest BCUT2D eigenvalue weighted by Crippen LogP contribution is -2.58. The summed E-state index contributed by atoms with van der Waals surface area (Å²) in [7, 11) is 0. The largest absolute Gasteiger partial charge is 0.358 e. The average Bonchev–Trinajstić information content (AvgIpc) is 2.72. The number of amides is 3. The Morgan fingerprint density at radius 1 is 1.22 bits per heavy atom. The fourth-order valence-corrected chi connectivity index (χ4v) is 3.58. The minimum atomic E-state index is -0.264. The lowest BCUT2D eigenvalue weighted by Gasteiger charge is -2.41. The van der Waals surface area contributed by atoms with Crippen LogP contribution < -0.4 is 16.0 Å². The minimum absolute atomic E-state index is 0.0766. The van der Waals surface area contributed by atoms with E-state index in [2.05, 4.69) is 25.9 Å². The molecule has 0 bridgehead atoms. The fraction of sp³-hybridized carbons (Fsp3) is 0.368. The number of benzene rings is 1. The molecule has 3 amide bonds. The van der Waals surface area contributed by atoms with Crippen molar-refractivity contribution in [2.45, 2.75) is 31.7 Å². The zero-order valence-corrected chi connectivity index (χ0v) is 14.7. The van der Waals surface area contributed by atoms with Crippen LogP contribution in [0.2, 0.25) is 0 Å². The molecule has 8 heteroatoms. The van der Waals surface area contributed by atoms with E-state index in [-0.39, 0.29) is 35.8 Å². The molecule has 2 fully saturated rings. The van der Waals surface area contributed by atoms with Crippen LogP contribution in [-0.4, -0.2) is 34.7 Å². The zero-order valence-electron chi connectivity index (χ0n) is 14.7. The van der Waals surface area contributed by atoms with Gasteiger partial charge in [0.2, 0.25) is 0 Å². The Morgan fingerprint density at radius 2 is 2.07 bits per heavy atom. The van der Waals surface area contributed by atoms with E-state index in [0.29, 0.717) is 13.2 Å². The van der Waals surface area contributed by atoms with Crippen molar-refractivity contribution in [3.63, 3.8) is 0 Å². The molecular weight excluding hydrogens is 346 g/mol. The number of ether oxygens (including phenoxy) is 1. The van der Waals surface area contributed by atoms with Gasteiger partial charge < -0.3 is 20.7 Å². The van der Waals surface area contributed by atoms with Gasteiger partial charge in [-0.25, -0.2) is 9.78 Å². The molecule has 3 atom stereocenters. The molecule has 2 saturated heterocycles. The van der Waals surface area contributed by atoms with Gasteiger partial charge in [0, 0.05) is 31.5 Å². The molecule has 27 heavy (non-hydrogen) atoms. The first kappa shape index (κ1) is 17.4. The summed E-state index contributed by atoms with van der Waals surface area (Å²) >= 11 is 0. The predicted molar refractivity (Wildman–Crippen MR) is 96.5 cm³/mol. The molecule has 2 aromatic rings. The van der Waals surface area contributed by atoms with Crippen LogP contribution >= 0.6 is 0 Å². The predicted octanol–water partition coefficient (Wildman–Crippen LogP) is 1.51. The van der Waals surface area contributed by atoms with Gasteiger partial charge in [0.15, 0.2) is 0 Å². The highest BCUT2D eigenvalue weighted by atomic mass is 16.5. The summed E-state index contributed by atoms with van der Waals surface area (Å²) in [4.78, 5) is 31.8. The number of aromatic nitrogens is 2. The van der Waals surface area contributed by atoms with Gasteiger partial charge in [-0.3, -0.25) is 9.78 Å². The van der Waals surface area contributed by atoms with E-state index in [1.807, 2.05) is 24.3 Å².